The summed E-state index contributed by atoms with van der Waals surface area (Å²) in [6, 6.07) is 6.42. The van der Waals surface area contributed by atoms with E-state index in [1.807, 2.05) is 9.78 Å². The zero-order valence-corrected chi connectivity index (χ0v) is 12.5. The van der Waals surface area contributed by atoms with Crippen LogP contribution in [0.3, 0.4) is 0 Å². The maximum Gasteiger partial charge on any atom is 0.196 e. The van der Waals surface area contributed by atoms with E-state index < -0.39 is 0 Å². The Kier molecular flexibility index (Phi) is 2.83. The first-order chi connectivity index (χ1) is 9.38. The highest BCUT2D eigenvalue weighted by molar-refractivity contribution is 7.15. The number of halogens is 1. The van der Waals surface area contributed by atoms with E-state index in [9.17, 15) is 4.39 Å². The first-order valence-electron chi connectivity index (χ1n) is 6.40. The van der Waals surface area contributed by atoms with Gasteiger partial charge in [0.05, 0.1) is 11.4 Å². The van der Waals surface area contributed by atoms with E-state index in [0.717, 1.165) is 21.9 Å². The van der Waals surface area contributed by atoms with Crippen molar-refractivity contribution in [1.82, 2.24) is 9.38 Å². The normalized spacial score (nSPS) is 12.2. The van der Waals surface area contributed by atoms with E-state index in [1.54, 1.807) is 23.5 Å². The van der Waals surface area contributed by atoms with Crippen molar-refractivity contribution in [2.75, 3.05) is 5.73 Å². The number of imidazole rings is 1. The Morgan fingerprint density at radius 2 is 1.85 bits per heavy atom. The smallest absolute Gasteiger partial charge is 0.196 e. The molecular formula is C15H16FN3S. The summed E-state index contributed by atoms with van der Waals surface area (Å²) in [5.41, 5.74) is 8.95. The Morgan fingerprint density at radius 1 is 1.20 bits per heavy atom. The van der Waals surface area contributed by atoms with Gasteiger partial charge in [0.1, 0.15) is 11.6 Å². The molecule has 0 saturated carbocycles. The van der Waals surface area contributed by atoms with Crippen LogP contribution in [0.1, 0.15) is 26.5 Å². The zero-order chi connectivity index (χ0) is 14.5. The topological polar surface area (TPSA) is 43.3 Å². The van der Waals surface area contributed by atoms with Crippen LogP contribution in [0, 0.1) is 5.82 Å². The Balaban J connectivity index is 2.23. The van der Waals surface area contributed by atoms with Gasteiger partial charge >= 0.3 is 0 Å². The summed E-state index contributed by atoms with van der Waals surface area (Å²) in [5.74, 6) is 0.419. The minimum atomic E-state index is -0.241. The Labute approximate surface area is 120 Å². The van der Waals surface area contributed by atoms with E-state index in [4.69, 9.17) is 5.73 Å². The molecule has 0 unspecified atom stereocenters. The second kappa shape index (κ2) is 4.31. The van der Waals surface area contributed by atoms with Gasteiger partial charge in [0.25, 0.3) is 0 Å². The molecule has 104 valence electrons. The molecule has 0 spiro atoms. The number of fused-ring (bicyclic) bond motifs is 1. The minimum Gasteiger partial charge on any atom is -0.383 e. The van der Waals surface area contributed by atoms with Crippen molar-refractivity contribution in [2.45, 2.75) is 26.2 Å². The average Bonchev–Trinajstić information content (AvgIpc) is 2.91. The molecule has 2 aromatic heterocycles. The quantitative estimate of drug-likeness (QED) is 0.733. The van der Waals surface area contributed by atoms with Crippen LogP contribution in [0.2, 0.25) is 0 Å². The van der Waals surface area contributed by atoms with E-state index in [2.05, 4.69) is 25.8 Å². The summed E-state index contributed by atoms with van der Waals surface area (Å²) in [6.45, 7) is 6.27. The minimum absolute atomic E-state index is 0.101. The molecule has 0 aliphatic rings. The van der Waals surface area contributed by atoms with Crippen molar-refractivity contribution in [3.63, 3.8) is 0 Å². The number of anilines is 1. The lowest BCUT2D eigenvalue weighted by Gasteiger charge is -2.16. The van der Waals surface area contributed by atoms with Gasteiger partial charge in [-0.2, -0.15) is 0 Å². The van der Waals surface area contributed by atoms with Crippen molar-refractivity contribution in [3.05, 3.63) is 41.2 Å². The van der Waals surface area contributed by atoms with Gasteiger partial charge in [0.15, 0.2) is 4.96 Å². The number of aromatic nitrogens is 2. The second-order valence-corrected chi connectivity index (χ2v) is 6.68. The summed E-state index contributed by atoms with van der Waals surface area (Å²) >= 11 is 1.54. The van der Waals surface area contributed by atoms with Gasteiger partial charge in [0, 0.05) is 10.8 Å². The zero-order valence-electron chi connectivity index (χ0n) is 11.6. The lowest BCUT2D eigenvalue weighted by atomic mass is 9.92. The first-order valence-corrected chi connectivity index (χ1v) is 7.28. The van der Waals surface area contributed by atoms with Gasteiger partial charge < -0.3 is 5.73 Å². The average molecular weight is 289 g/mol. The molecule has 0 saturated heterocycles. The summed E-state index contributed by atoms with van der Waals surface area (Å²) in [4.78, 5) is 5.50. The molecule has 0 bridgehead atoms. The number of nitrogen functional groups attached to an aromatic ring is 1. The first kappa shape index (κ1) is 13.1. The predicted octanol–water partition coefficient (Wildman–Crippen LogP) is 4.08. The van der Waals surface area contributed by atoms with E-state index in [-0.39, 0.29) is 11.2 Å². The van der Waals surface area contributed by atoms with Crippen LogP contribution in [0.25, 0.3) is 16.2 Å². The highest BCUT2D eigenvalue weighted by atomic mass is 32.1. The molecule has 0 radical (unpaired) electrons. The molecule has 3 rings (SSSR count). The van der Waals surface area contributed by atoms with Crippen LogP contribution in [0.5, 0.6) is 0 Å². The van der Waals surface area contributed by atoms with Crippen LogP contribution >= 0.6 is 11.3 Å². The fourth-order valence-electron chi connectivity index (χ4n) is 2.25. The Hall–Kier alpha value is -1.88. The number of thiazole rings is 1. The molecule has 3 nitrogen and oxygen atoms in total. The maximum absolute atomic E-state index is 13.0. The number of rotatable bonds is 1. The fraction of sp³-hybridized carbons (Fsp3) is 0.267. The molecule has 20 heavy (non-hydrogen) atoms. The molecule has 0 atom stereocenters. The van der Waals surface area contributed by atoms with Gasteiger partial charge in [0.2, 0.25) is 0 Å². The molecule has 1 aromatic carbocycles. The van der Waals surface area contributed by atoms with Gasteiger partial charge in [-0.1, -0.05) is 20.8 Å². The van der Waals surface area contributed by atoms with Gasteiger partial charge in [-0.25, -0.2) is 9.37 Å². The van der Waals surface area contributed by atoms with Crippen molar-refractivity contribution in [2.24, 2.45) is 0 Å². The number of benzene rings is 1. The Bertz CT molecular complexity index is 763. The van der Waals surface area contributed by atoms with Crippen molar-refractivity contribution in [3.8, 4) is 11.3 Å². The number of hydrogen-bond acceptors (Lipinski definition) is 3. The molecule has 0 fully saturated rings. The largest absolute Gasteiger partial charge is 0.383 e. The van der Waals surface area contributed by atoms with E-state index >= 15 is 0 Å². The summed E-state index contributed by atoms with van der Waals surface area (Å²) in [6.07, 6.45) is 0. The van der Waals surface area contributed by atoms with Crippen LogP contribution in [0.4, 0.5) is 10.2 Å². The predicted molar refractivity (Wildman–Crippen MR) is 81.6 cm³/mol. The fourth-order valence-corrected chi connectivity index (χ4v) is 3.16. The van der Waals surface area contributed by atoms with E-state index in [0.29, 0.717) is 5.82 Å². The summed E-state index contributed by atoms with van der Waals surface area (Å²) in [7, 11) is 0. The standard InChI is InChI=1S/C15H16FN3S/c1-15(2,3)12-13(17)19-11(8-20-14(19)18-12)9-4-6-10(16)7-5-9/h4-8H,17H2,1-3H3. The number of nitrogens with two attached hydrogens (primary N) is 1. The number of nitrogens with zero attached hydrogens (tertiary/aromatic N) is 2. The monoisotopic (exact) mass is 289 g/mol. The van der Waals surface area contributed by atoms with Crippen LogP contribution in [0.15, 0.2) is 29.6 Å². The van der Waals surface area contributed by atoms with E-state index in [1.165, 1.54) is 12.1 Å². The van der Waals surface area contributed by atoms with Gasteiger partial charge in [-0.3, -0.25) is 4.40 Å². The van der Waals surface area contributed by atoms with Crippen LogP contribution < -0.4 is 5.73 Å². The third kappa shape index (κ3) is 1.98. The van der Waals surface area contributed by atoms with Crippen LogP contribution in [-0.2, 0) is 5.41 Å². The SMILES string of the molecule is CC(C)(C)c1nc2scc(-c3ccc(F)cc3)n2c1N. The molecule has 2 heterocycles. The van der Waals surface area contributed by atoms with Gasteiger partial charge in [-0.15, -0.1) is 11.3 Å². The summed E-state index contributed by atoms with van der Waals surface area (Å²) < 4.78 is 15.0. The molecule has 3 aromatic rings. The van der Waals surface area contributed by atoms with Crippen LogP contribution in [-0.4, -0.2) is 9.38 Å². The molecule has 0 amide bonds. The third-order valence-corrected chi connectivity index (χ3v) is 4.08. The highest BCUT2D eigenvalue weighted by Gasteiger charge is 2.24. The number of hydrogen-bond donors (Lipinski definition) is 1. The van der Waals surface area contributed by atoms with Gasteiger partial charge in [-0.05, 0) is 29.8 Å². The van der Waals surface area contributed by atoms with Crippen molar-refractivity contribution < 1.29 is 4.39 Å². The van der Waals surface area contributed by atoms with Crippen molar-refractivity contribution >= 4 is 22.1 Å². The molecule has 5 heteroatoms. The summed E-state index contributed by atoms with van der Waals surface area (Å²) in [5, 5.41) is 2.00. The molecular weight excluding hydrogens is 273 g/mol. The molecule has 0 aliphatic heterocycles. The maximum atomic E-state index is 13.0. The highest BCUT2D eigenvalue weighted by Crippen LogP contribution is 2.34. The molecule has 2 N–H and O–H groups in total. The Morgan fingerprint density at radius 3 is 2.45 bits per heavy atom. The second-order valence-electron chi connectivity index (χ2n) is 5.84. The molecule has 0 aliphatic carbocycles. The lowest BCUT2D eigenvalue weighted by Crippen LogP contribution is -2.14. The third-order valence-electron chi connectivity index (χ3n) is 3.25. The lowest BCUT2D eigenvalue weighted by molar-refractivity contribution is 0.576. The van der Waals surface area contributed by atoms with Crippen molar-refractivity contribution in [1.29, 1.82) is 0 Å².